The molecule has 0 saturated carbocycles. The van der Waals surface area contributed by atoms with E-state index < -0.39 is 0 Å². The smallest absolute Gasteiger partial charge is 0.225 e. The van der Waals surface area contributed by atoms with Crippen LogP contribution in [0.1, 0.15) is 32.3 Å². The second-order valence-corrected chi connectivity index (χ2v) is 7.24. The molecule has 1 unspecified atom stereocenters. The Kier molecular flexibility index (Phi) is 4.40. The number of amides is 1. The van der Waals surface area contributed by atoms with Crippen LogP contribution in [0.5, 0.6) is 0 Å². The average Bonchev–Trinajstić information content (AvgIpc) is 2.54. The van der Waals surface area contributed by atoms with E-state index in [-0.39, 0.29) is 17.4 Å². The lowest BCUT2D eigenvalue weighted by Gasteiger charge is -2.33. The number of nitrogens with zero attached hydrogens (tertiary/aromatic N) is 1. The Balaban J connectivity index is 1.84. The Morgan fingerprint density at radius 1 is 1.17 bits per heavy atom. The minimum atomic E-state index is -0.381. The van der Waals surface area contributed by atoms with Gasteiger partial charge in [0.2, 0.25) is 5.91 Å². The van der Waals surface area contributed by atoms with Gasteiger partial charge in [0.15, 0.2) is 0 Å². The summed E-state index contributed by atoms with van der Waals surface area (Å²) in [6.07, 6.45) is 2.09. The molecule has 2 aromatic carbocycles. The van der Waals surface area contributed by atoms with Crippen LogP contribution in [0.25, 0.3) is 10.8 Å². The SMILES string of the molecule is CN1CCCC(C(=O)NC(C)(C)c2cccc3ccccc23)C1. The Morgan fingerprint density at radius 3 is 2.70 bits per heavy atom. The molecule has 1 saturated heterocycles. The minimum absolute atomic E-state index is 0.100. The van der Waals surface area contributed by atoms with Crippen molar-refractivity contribution in [1.82, 2.24) is 10.2 Å². The molecular weight excluding hydrogens is 284 g/mol. The zero-order valence-corrected chi connectivity index (χ0v) is 14.3. The fourth-order valence-electron chi connectivity index (χ4n) is 3.63. The van der Waals surface area contributed by atoms with Crippen LogP contribution >= 0.6 is 0 Å². The Morgan fingerprint density at radius 2 is 1.91 bits per heavy atom. The van der Waals surface area contributed by atoms with Crippen LogP contribution in [-0.4, -0.2) is 30.9 Å². The van der Waals surface area contributed by atoms with Gasteiger partial charge >= 0.3 is 0 Å². The number of fused-ring (bicyclic) bond motifs is 1. The number of nitrogens with one attached hydrogen (secondary N) is 1. The topological polar surface area (TPSA) is 32.3 Å². The highest BCUT2D eigenvalue weighted by atomic mass is 16.2. The molecule has 1 aliphatic rings. The molecule has 0 radical (unpaired) electrons. The molecule has 1 atom stereocenters. The second kappa shape index (κ2) is 6.32. The number of carbonyl (C=O) groups is 1. The Hall–Kier alpha value is -1.87. The molecule has 1 aliphatic heterocycles. The molecule has 0 spiro atoms. The number of carbonyl (C=O) groups excluding carboxylic acids is 1. The van der Waals surface area contributed by atoms with Gasteiger partial charge in [-0.25, -0.2) is 0 Å². The number of hydrogen-bond donors (Lipinski definition) is 1. The molecule has 0 aromatic heterocycles. The van der Waals surface area contributed by atoms with Crippen LogP contribution in [0, 0.1) is 5.92 Å². The quantitative estimate of drug-likeness (QED) is 0.940. The predicted molar refractivity (Wildman–Crippen MR) is 95.3 cm³/mol. The molecule has 1 heterocycles. The summed E-state index contributed by atoms with van der Waals surface area (Å²) in [6.45, 7) is 6.15. The van der Waals surface area contributed by atoms with Gasteiger partial charge in [0, 0.05) is 6.54 Å². The first-order valence-electron chi connectivity index (χ1n) is 8.46. The molecule has 122 valence electrons. The van der Waals surface area contributed by atoms with Crippen LogP contribution in [0.2, 0.25) is 0 Å². The van der Waals surface area contributed by atoms with Crippen molar-refractivity contribution in [3.05, 3.63) is 48.0 Å². The lowest BCUT2D eigenvalue weighted by molar-refractivity contribution is -0.128. The second-order valence-electron chi connectivity index (χ2n) is 7.24. The third-order valence-corrected chi connectivity index (χ3v) is 4.89. The van der Waals surface area contributed by atoms with E-state index in [9.17, 15) is 4.79 Å². The summed E-state index contributed by atoms with van der Waals surface area (Å²) in [7, 11) is 2.09. The van der Waals surface area contributed by atoms with Crippen molar-refractivity contribution in [2.45, 2.75) is 32.2 Å². The summed E-state index contributed by atoms with van der Waals surface area (Å²) in [4.78, 5) is 15.0. The number of rotatable bonds is 3. The highest BCUT2D eigenvalue weighted by Crippen LogP contribution is 2.29. The van der Waals surface area contributed by atoms with Gasteiger partial charge in [0.25, 0.3) is 0 Å². The zero-order valence-electron chi connectivity index (χ0n) is 14.3. The summed E-state index contributed by atoms with van der Waals surface area (Å²) in [5.41, 5.74) is 0.793. The molecule has 1 N–H and O–H groups in total. The fourth-order valence-corrected chi connectivity index (χ4v) is 3.63. The zero-order chi connectivity index (χ0) is 16.4. The molecular formula is C20H26N2O. The van der Waals surface area contributed by atoms with E-state index in [1.807, 2.05) is 0 Å². The van der Waals surface area contributed by atoms with E-state index in [1.54, 1.807) is 0 Å². The van der Waals surface area contributed by atoms with Gasteiger partial charge < -0.3 is 10.2 Å². The maximum absolute atomic E-state index is 12.7. The normalized spacial score (nSPS) is 19.7. The van der Waals surface area contributed by atoms with Crippen LogP contribution < -0.4 is 5.32 Å². The standard InChI is InChI=1S/C20H26N2O/c1-20(2,21-19(23)16-10-7-13-22(3)14-16)18-12-6-9-15-8-4-5-11-17(15)18/h4-6,8-9,11-12,16H,7,10,13-14H2,1-3H3,(H,21,23). The van der Waals surface area contributed by atoms with Crippen LogP contribution in [0.4, 0.5) is 0 Å². The van der Waals surface area contributed by atoms with Crippen molar-refractivity contribution in [2.75, 3.05) is 20.1 Å². The molecule has 2 aromatic rings. The van der Waals surface area contributed by atoms with Crippen molar-refractivity contribution in [2.24, 2.45) is 5.92 Å². The van der Waals surface area contributed by atoms with E-state index in [2.05, 4.69) is 73.6 Å². The van der Waals surface area contributed by atoms with Gasteiger partial charge in [-0.1, -0.05) is 42.5 Å². The van der Waals surface area contributed by atoms with Crippen molar-refractivity contribution >= 4 is 16.7 Å². The van der Waals surface area contributed by atoms with Crippen molar-refractivity contribution in [1.29, 1.82) is 0 Å². The molecule has 3 nitrogen and oxygen atoms in total. The number of benzene rings is 2. The van der Waals surface area contributed by atoms with Gasteiger partial charge in [-0.3, -0.25) is 4.79 Å². The fraction of sp³-hybridized carbons (Fsp3) is 0.450. The van der Waals surface area contributed by atoms with Crippen molar-refractivity contribution in [3.63, 3.8) is 0 Å². The van der Waals surface area contributed by atoms with Crippen molar-refractivity contribution in [3.8, 4) is 0 Å². The van der Waals surface area contributed by atoms with Crippen molar-refractivity contribution < 1.29 is 4.79 Å². The summed E-state index contributed by atoms with van der Waals surface area (Å²) < 4.78 is 0. The van der Waals surface area contributed by atoms with Gasteiger partial charge in [0.1, 0.15) is 0 Å². The van der Waals surface area contributed by atoms with E-state index in [4.69, 9.17) is 0 Å². The number of likely N-dealkylation sites (tertiary alicyclic amines) is 1. The number of hydrogen-bond acceptors (Lipinski definition) is 2. The predicted octanol–water partition coefficient (Wildman–Crippen LogP) is 3.53. The lowest BCUT2D eigenvalue weighted by Crippen LogP contribution is -2.48. The monoisotopic (exact) mass is 310 g/mol. The molecule has 3 heteroatoms. The third kappa shape index (κ3) is 3.40. The average molecular weight is 310 g/mol. The summed E-state index contributed by atoms with van der Waals surface area (Å²) >= 11 is 0. The van der Waals surface area contributed by atoms with E-state index in [0.717, 1.165) is 25.9 Å². The highest BCUT2D eigenvalue weighted by Gasteiger charge is 2.30. The Bertz CT molecular complexity index is 702. The molecule has 1 fully saturated rings. The minimum Gasteiger partial charge on any atom is -0.347 e. The van der Waals surface area contributed by atoms with Crippen LogP contribution in [-0.2, 0) is 10.3 Å². The van der Waals surface area contributed by atoms with Gasteiger partial charge in [0.05, 0.1) is 11.5 Å². The molecule has 23 heavy (non-hydrogen) atoms. The first kappa shape index (κ1) is 16.0. The molecule has 1 amide bonds. The molecule has 0 aliphatic carbocycles. The summed E-state index contributed by atoms with van der Waals surface area (Å²) in [5.74, 6) is 0.275. The maximum atomic E-state index is 12.7. The highest BCUT2D eigenvalue weighted by molar-refractivity contribution is 5.87. The first-order valence-corrected chi connectivity index (χ1v) is 8.46. The van der Waals surface area contributed by atoms with Crippen LogP contribution in [0.15, 0.2) is 42.5 Å². The van der Waals surface area contributed by atoms with Crippen LogP contribution in [0.3, 0.4) is 0 Å². The summed E-state index contributed by atoms with van der Waals surface area (Å²) in [6, 6.07) is 14.7. The maximum Gasteiger partial charge on any atom is 0.225 e. The molecule has 0 bridgehead atoms. The first-order chi connectivity index (χ1) is 11.0. The van der Waals surface area contributed by atoms with E-state index >= 15 is 0 Å². The van der Waals surface area contributed by atoms with Gasteiger partial charge in [-0.2, -0.15) is 0 Å². The van der Waals surface area contributed by atoms with Gasteiger partial charge in [-0.15, -0.1) is 0 Å². The largest absolute Gasteiger partial charge is 0.347 e. The summed E-state index contributed by atoms with van der Waals surface area (Å²) in [5, 5.41) is 5.71. The Labute approximate surface area is 138 Å². The van der Waals surface area contributed by atoms with E-state index in [1.165, 1.54) is 16.3 Å². The third-order valence-electron chi connectivity index (χ3n) is 4.89. The molecule has 3 rings (SSSR count). The van der Waals surface area contributed by atoms with E-state index in [0.29, 0.717) is 0 Å². The number of piperidine rings is 1. The van der Waals surface area contributed by atoms with Gasteiger partial charge in [-0.05, 0) is 56.6 Å². The lowest BCUT2D eigenvalue weighted by atomic mass is 9.88.